The number of carbonyl (C=O) groups excluding carboxylic acids is 2. The standard InChI is InChI=1S/C14H11Cl2N3O7S2/c15-10-8(27(17,22)23)6-9(28(18,24)25)12(11(10)16)19-13(20)14(21)26-7-4-2-1-3-5-7/h1-6H,(H,19,20)(H2,17,22,23)(H2,18,24,25). The summed E-state index contributed by atoms with van der Waals surface area (Å²) in [5.41, 5.74) is -0.712. The van der Waals surface area contributed by atoms with E-state index in [2.05, 4.69) is 0 Å². The molecule has 0 bridgehead atoms. The highest BCUT2D eigenvalue weighted by molar-refractivity contribution is 7.90. The molecule has 2 aromatic carbocycles. The lowest BCUT2D eigenvalue weighted by atomic mass is 10.3. The van der Waals surface area contributed by atoms with Gasteiger partial charge in [-0.2, -0.15) is 0 Å². The molecule has 0 aliphatic heterocycles. The van der Waals surface area contributed by atoms with Crippen LogP contribution in [0.25, 0.3) is 0 Å². The molecular formula is C14H11Cl2N3O7S2. The van der Waals surface area contributed by atoms with Crippen LogP contribution in [-0.4, -0.2) is 28.7 Å². The van der Waals surface area contributed by atoms with Crippen LogP contribution in [0.15, 0.2) is 46.2 Å². The fraction of sp³-hybridized carbons (Fsp3) is 0. The lowest BCUT2D eigenvalue weighted by Crippen LogP contribution is -2.29. The summed E-state index contributed by atoms with van der Waals surface area (Å²) in [5, 5.41) is 10.5. The van der Waals surface area contributed by atoms with Gasteiger partial charge in [0.1, 0.15) is 15.5 Å². The maximum atomic E-state index is 12.1. The van der Waals surface area contributed by atoms with E-state index in [1.165, 1.54) is 12.1 Å². The molecule has 0 fully saturated rings. The van der Waals surface area contributed by atoms with E-state index in [0.717, 1.165) is 0 Å². The number of sulfonamides is 2. The predicted molar refractivity (Wildman–Crippen MR) is 99.9 cm³/mol. The highest BCUT2D eigenvalue weighted by Gasteiger charge is 2.29. The van der Waals surface area contributed by atoms with E-state index >= 15 is 0 Å². The van der Waals surface area contributed by atoms with Gasteiger partial charge in [0, 0.05) is 0 Å². The van der Waals surface area contributed by atoms with Crippen molar-refractivity contribution in [3.05, 3.63) is 46.4 Å². The van der Waals surface area contributed by atoms with E-state index in [-0.39, 0.29) is 5.75 Å². The molecule has 2 rings (SSSR count). The minimum atomic E-state index is -4.62. The van der Waals surface area contributed by atoms with Gasteiger partial charge in [-0.15, -0.1) is 0 Å². The van der Waals surface area contributed by atoms with Gasteiger partial charge < -0.3 is 10.1 Å². The Bertz CT molecular complexity index is 1170. The second-order valence-electron chi connectivity index (χ2n) is 5.12. The zero-order valence-electron chi connectivity index (χ0n) is 13.5. The van der Waals surface area contributed by atoms with E-state index in [1.54, 1.807) is 18.2 Å². The van der Waals surface area contributed by atoms with Gasteiger partial charge in [-0.05, 0) is 18.2 Å². The number of nitrogens with one attached hydrogen (secondary N) is 1. The first-order chi connectivity index (χ1) is 12.8. The lowest BCUT2D eigenvalue weighted by Gasteiger charge is -2.14. The molecule has 2 aromatic rings. The number of esters is 1. The van der Waals surface area contributed by atoms with Crippen LogP contribution in [0.1, 0.15) is 0 Å². The number of benzene rings is 2. The van der Waals surface area contributed by atoms with Crippen LogP contribution in [0.3, 0.4) is 0 Å². The van der Waals surface area contributed by atoms with Crippen molar-refractivity contribution in [3.63, 3.8) is 0 Å². The summed E-state index contributed by atoms with van der Waals surface area (Å²) >= 11 is 11.7. The molecule has 0 radical (unpaired) electrons. The average molecular weight is 468 g/mol. The highest BCUT2D eigenvalue weighted by Crippen LogP contribution is 2.39. The number of ether oxygens (including phenoxy) is 1. The largest absolute Gasteiger partial charge is 0.419 e. The third kappa shape index (κ3) is 4.98. The minimum Gasteiger partial charge on any atom is -0.419 e. The zero-order chi connectivity index (χ0) is 21.3. The Hall–Kier alpha value is -2.22. The Morgan fingerprint density at radius 3 is 1.93 bits per heavy atom. The second kappa shape index (κ2) is 8.03. The summed E-state index contributed by atoms with van der Waals surface area (Å²) in [4.78, 5) is 22.2. The molecule has 28 heavy (non-hydrogen) atoms. The normalized spacial score (nSPS) is 11.7. The molecule has 150 valence electrons. The smallest absolute Gasteiger partial charge is 0.402 e. The van der Waals surface area contributed by atoms with Crippen molar-refractivity contribution in [1.29, 1.82) is 0 Å². The Morgan fingerprint density at radius 2 is 1.43 bits per heavy atom. The number of amides is 1. The van der Waals surface area contributed by atoms with Crippen molar-refractivity contribution in [1.82, 2.24) is 0 Å². The van der Waals surface area contributed by atoms with Crippen LogP contribution in [0.4, 0.5) is 5.69 Å². The number of hydrogen-bond donors (Lipinski definition) is 3. The van der Waals surface area contributed by atoms with E-state index < -0.39 is 57.4 Å². The van der Waals surface area contributed by atoms with E-state index in [4.69, 9.17) is 38.2 Å². The lowest BCUT2D eigenvalue weighted by molar-refractivity contribution is -0.145. The van der Waals surface area contributed by atoms with Crippen LogP contribution < -0.4 is 20.3 Å². The molecule has 10 nitrogen and oxygen atoms in total. The molecule has 0 heterocycles. The van der Waals surface area contributed by atoms with Gasteiger partial charge >= 0.3 is 11.9 Å². The quantitative estimate of drug-likeness (QED) is 0.338. The van der Waals surface area contributed by atoms with Gasteiger partial charge in [-0.1, -0.05) is 41.4 Å². The van der Waals surface area contributed by atoms with Crippen LogP contribution in [0.5, 0.6) is 5.75 Å². The first-order valence-corrected chi connectivity index (χ1v) is 10.8. The highest BCUT2D eigenvalue weighted by atomic mass is 35.5. The number of halogens is 2. The topological polar surface area (TPSA) is 176 Å². The van der Waals surface area contributed by atoms with Crippen molar-refractivity contribution in [2.24, 2.45) is 10.3 Å². The number of primary sulfonamides is 2. The summed E-state index contributed by atoms with van der Waals surface area (Å²) < 4.78 is 51.6. The van der Waals surface area contributed by atoms with Crippen molar-refractivity contribution in [2.75, 3.05) is 5.32 Å². The fourth-order valence-corrected chi connectivity index (χ4v) is 4.20. The maximum absolute atomic E-state index is 12.1. The maximum Gasteiger partial charge on any atom is 0.402 e. The summed E-state index contributed by atoms with van der Waals surface area (Å²) in [7, 11) is -9.10. The Balaban J connectivity index is 2.49. The van der Waals surface area contributed by atoms with Gasteiger partial charge in [0.25, 0.3) is 0 Å². The molecular weight excluding hydrogens is 457 g/mol. The average Bonchev–Trinajstić information content (AvgIpc) is 2.57. The SMILES string of the molecule is NS(=O)(=O)c1cc(S(N)(=O)=O)c(NC(=O)C(=O)Oc2ccccc2)c(Cl)c1Cl. The van der Waals surface area contributed by atoms with Crippen molar-refractivity contribution >= 4 is 60.8 Å². The molecule has 0 aromatic heterocycles. The zero-order valence-corrected chi connectivity index (χ0v) is 16.7. The van der Waals surface area contributed by atoms with E-state index in [0.29, 0.717) is 6.07 Å². The van der Waals surface area contributed by atoms with Crippen LogP contribution in [0.2, 0.25) is 10.0 Å². The number of anilines is 1. The number of hydrogen-bond acceptors (Lipinski definition) is 7. The summed E-state index contributed by atoms with van der Waals surface area (Å²) in [6.07, 6.45) is 0. The Labute approximate surface area is 169 Å². The summed E-state index contributed by atoms with van der Waals surface area (Å²) in [6.45, 7) is 0. The third-order valence-corrected chi connectivity index (χ3v) is 5.98. The molecule has 1 amide bonds. The van der Waals surface area contributed by atoms with Crippen LogP contribution in [-0.2, 0) is 29.6 Å². The van der Waals surface area contributed by atoms with Crippen LogP contribution in [0, 0.1) is 0 Å². The molecule has 0 spiro atoms. The Kier molecular flexibility index (Phi) is 6.33. The van der Waals surface area contributed by atoms with Crippen molar-refractivity contribution in [3.8, 4) is 5.75 Å². The molecule has 0 saturated heterocycles. The van der Waals surface area contributed by atoms with Gasteiger partial charge in [-0.3, -0.25) is 4.79 Å². The molecule has 5 N–H and O–H groups in total. The second-order valence-corrected chi connectivity index (χ2v) is 8.94. The van der Waals surface area contributed by atoms with Gasteiger partial charge in [0.05, 0.1) is 15.7 Å². The molecule has 0 unspecified atom stereocenters. The van der Waals surface area contributed by atoms with Gasteiger partial charge in [0.15, 0.2) is 0 Å². The van der Waals surface area contributed by atoms with Crippen LogP contribution >= 0.6 is 23.2 Å². The van der Waals surface area contributed by atoms with E-state index in [1.807, 2.05) is 5.32 Å². The Morgan fingerprint density at radius 1 is 0.893 bits per heavy atom. The molecule has 14 heteroatoms. The number of nitrogens with two attached hydrogens (primary N) is 2. The number of carbonyl (C=O) groups is 2. The van der Waals surface area contributed by atoms with E-state index in [9.17, 15) is 26.4 Å². The molecule has 0 aliphatic carbocycles. The third-order valence-electron chi connectivity index (χ3n) is 3.13. The van der Waals surface area contributed by atoms with Crippen molar-refractivity contribution < 1.29 is 31.2 Å². The van der Waals surface area contributed by atoms with Gasteiger partial charge in [0.2, 0.25) is 20.0 Å². The molecule has 0 saturated carbocycles. The van der Waals surface area contributed by atoms with Gasteiger partial charge in [-0.25, -0.2) is 31.9 Å². The predicted octanol–water partition coefficient (Wildman–Crippen LogP) is 0.832. The number of para-hydroxylation sites is 1. The number of rotatable bonds is 4. The molecule has 0 aliphatic rings. The molecule has 0 atom stereocenters. The van der Waals surface area contributed by atoms with Crippen molar-refractivity contribution in [2.45, 2.75) is 9.79 Å². The summed E-state index contributed by atoms with van der Waals surface area (Å²) in [6, 6.07) is 8.03. The minimum absolute atomic E-state index is 0.0445. The monoisotopic (exact) mass is 467 g/mol. The first-order valence-electron chi connectivity index (χ1n) is 6.98. The summed E-state index contributed by atoms with van der Waals surface area (Å²) in [5.74, 6) is -2.78. The first kappa shape index (κ1) is 22.1. The fourth-order valence-electron chi connectivity index (χ4n) is 1.94.